The molecule has 0 aromatic rings. The van der Waals surface area contributed by atoms with Crippen LogP contribution in [0.5, 0.6) is 0 Å². The average molecular weight is 147 g/mol. The van der Waals surface area contributed by atoms with E-state index in [4.69, 9.17) is 5.11 Å². The number of aliphatic hydroxyl groups excluding tert-OH is 1. The van der Waals surface area contributed by atoms with Gasteiger partial charge < -0.3 is 15.0 Å². The van der Waals surface area contributed by atoms with Gasteiger partial charge in [0.2, 0.25) is 0 Å². The molecule has 1 atom stereocenters. The third-order valence-electron chi connectivity index (χ3n) is 1.71. The summed E-state index contributed by atoms with van der Waals surface area (Å²) in [5, 5.41) is 20.0. The molecule has 0 heterocycles. The van der Waals surface area contributed by atoms with Crippen molar-refractivity contribution in [3.8, 4) is 0 Å². The Morgan fingerprint density at radius 2 is 1.90 bits per heavy atom. The largest absolute Gasteiger partial charge is 0.633 e. The summed E-state index contributed by atoms with van der Waals surface area (Å²) in [4.78, 5) is 0. The van der Waals surface area contributed by atoms with Gasteiger partial charge in [0, 0.05) is 0 Å². The molecule has 0 rings (SSSR count). The highest BCUT2D eigenvalue weighted by Gasteiger charge is 2.10. The molecule has 0 bridgehead atoms. The highest BCUT2D eigenvalue weighted by atomic mass is 16.5. The molecule has 0 fully saturated rings. The normalized spacial score (nSPS) is 16.8. The van der Waals surface area contributed by atoms with E-state index in [1.807, 2.05) is 13.8 Å². The highest BCUT2D eigenvalue weighted by Crippen LogP contribution is 2.03. The molecular weight excluding hydrogens is 130 g/mol. The van der Waals surface area contributed by atoms with Crippen molar-refractivity contribution < 1.29 is 9.75 Å². The maximum Gasteiger partial charge on any atom is 0.102 e. The summed E-state index contributed by atoms with van der Waals surface area (Å²) in [7, 11) is 0. The lowest BCUT2D eigenvalue weighted by Crippen LogP contribution is -2.44. The zero-order chi connectivity index (χ0) is 8.04. The van der Waals surface area contributed by atoms with Gasteiger partial charge in [-0.2, -0.15) is 0 Å². The number of nitrogens with zero attached hydrogens (tertiary/aromatic N) is 1. The Balaban J connectivity index is 3.69. The summed E-state index contributed by atoms with van der Waals surface area (Å²) in [6.07, 6.45) is 0.886. The Bertz CT molecular complexity index is 79.7. The number of rotatable bonds is 5. The molecule has 10 heavy (non-hydrogen) atoms. The van der Waals surface area contributed by atoms with Crippen molar-refractivity contribution in [2.75, 3.05) is 26.2 Å². The molecule has 0 aliphatic rings. The zero-order valence-electron chi connectivity index (χ0n) is 6.84. The van der Waals surface area contributed by atoms with E-state index in [0.717, 1.165) is 6.42 Å². The fourth-order valence-electron chi connectivity index (χ4n) is 1.02. The first-order chi connectivity index (χ1) is 4.68. The van der Waals surface area contributed by atoms with Gasteiger partial charge in [0.25, 0.3) is 0 Å². The first-order valence-electron chi connectivity index (χ1n) is 3.86. The molecule has 3 nitrogen and oxygen atoms in total. The van der Waals surface area contributed by atoms with Gasteiger partial charge in [-0.15, -0.1) is 0 Å². The SMILES string of the molecule is CCC[N+]([O-])(CC)CCO. The van der Waals surface area contributed by atoms with Gasteiger partial charge >= 0.3 is 0 Å². The second-order valence-corrected chi connectivity index (χ2v) is 2.55. The second kappa shape index (κ2) is 4.66. The number of aliphatic hydroxyl groups is 1. The Kier molecular flexibility index (Phi) is 4.60. The van der Waals surface area contributed by atoms with E-state index in [1.54, 1.807) is 0 Å². The smallest absolute Gasteiger partial charge is 0.102 e. The molecule has 3 heteroatoms. The highest BCUT2D eigenvalue weighted by molar-refractivity contribution is 4.39. The molecule has 1 N–H and O–H groups in total. The molecule has 1 unspecified atom stereocenters. The average Bonchev–Trinajstić information content (AvgIpc) is 1.89. The molecule has 0 aliphatic heterocycles. The van der Waals surface area contributed by atoms with Gasteiger partial charge in [-0.05, 0) is 13.3 Å². The molecule has 0 aromatic heterocycles. The number of quaternary nitrogens is 1. The standard InChI is InChI=1S/C7H17NO2/c1-3-5-8(10,4-2)6-7-9/h9H,3-7H2,1-2H3. The first kappa shape index (κ1) is 9.88. The summed E-state index contributed by atoms with van der Waals surface area (Å²) in [5.74, 6) is 0. The molecule has 0 spiro atoms. The molecule has 0 aliphatic carbocycles. The van der Waals surface area contributed by atoms with Crippen LogP contribution in [-0.2, 0) is 0 Å². The fraction of sp³-hybridized carbons (Fsp3) is 1.00. The molecule has 0 saturated carbocycles. The van der Waals surface area contributed by atoms with Crippen LogP contribution in [-0.4, -0.2) is 36.0 Å². The summed E-state index contributed by atoms with van der Waals surface area (Å²) < 4.78 is -0.243. The van der Waals surface area contributed by atoms with Crippen LogP contribution in [0.2, 0.25) is 0 Å². The van der Waals surface area contributed by atoms with E-state index in [2.05, 4.69) is 0 Å². The Morgan fingerprint density at radius 3 is 2.20 bits per heavy atom. The van der Waals surface area contributed by atoms with Crippen molar-refractivity contribution in [2.45, 2.75) is 20.3 Å². The van der Waals surface area contributed by atoms with Crippen molar-refractivity contribution in [1.82, 2.24) is 0 Å². The number of hydroxylamine groups is 3. The van der Waals surface area contributed by atoms with Crippen molar-refractivity contribution in [3.63, 3.8) is 0 Å². The Labute approximate surface area is 62.4 Å². The van der Waals surface area contributed by atoms with Gasteiger partial charge in [-0.3, -0.25) is 0 Å². The van der Waals surface area contributed by atoms with Crippen molar-refractivity contribution in [3.05, 3.63) is 5.21 Å². The monoisotopic (exact) mass is 147 g/mol. The maximum absolute atomic E-state index is 11.4. The van der Waals surface area contributed by atoms with E-state index >= 15 is 0 Å². The van der Waals surface area contributed by atoms with Crippen LogP contribution >= 0.6 is 0 Å². The number of hydrogen-bond acceptors (Lipinski definition) is 2. The lowest BCUT2D eigenvalue weighted by molar-refractivity contribution is -0.879. The summed E-state index contributed by atoms with van der Waals surface area (Å²) in [5.41, 5.74) is 0. The van der Waals surface area contributed by atoms with E-state index in [-0.39, 0.29) is 11.3 Å². The van der Waals surface area contributed by atoms with Gasteiger partial charge in [0.05, 0.1) is 19.7 Å². The van der Waals surface area contributed by atoms with E-state index < -0.39 is 0 Å². The zero-order valence-corrected chi connectivity index (χ0v) is 6.84. The van der Waals surface area contributed by atoms with Crippen molar-refractivity contribution in [1.29, 1.82) is 0 Å². The molecule has 0 saturated heterocycles. The molecule has 62 valence electrons. The summed E-state index contributed by atoms with van der Waals surface area (Å²) in [6.45, 7) is 5.36. The topological polar surface area (TPSA) is 43.3 Å². The summed E-state index contributed by atoms with van der Waals surface area (Å²) >= 11 is 0. The third-order valence-corrected chi connectivity index (χ3v) is 1.71. The van der Waals surface area contributed by atoms with Crippen LogP contribution in [0.15, 0.2) is 0 Å². The number of hydrogen-bond donors (Lipinski definition) is 1. The van der Waals surface area contributed by atoms with E-state index in [9.17, 15) is 5.21 Å². The van der Waals surface area contributed by atoms with Crippen LogP contribution < -0.4 is 0 Å². The molecule has 0 amide bonds. The minimum atomic E-state index is -0.243. The third kappa shape index (κ3) is 3.15. The summed E-state index contributed by atoms with van der Waals surface area (Å²) in [6, 6.07) is 0. The molecule has 0 radical (unpaired) electrons. The van der Waals surface area contributed by atoms with Gasteiger partial charge in [-0.1, -0.05) is 6.92 Å². The lowest BCUT2D eigenvalue weighted by atomic mass is 10.4. The van der Waals surface area contributed by atoms with Crippen LogP contribution in [0.3, 0.4) is 0 Å². The van der Waals surface area contributed by atoms with Crippen molar-refractivity contribution >= 4 is 0 Å². The van der Waals surface area contributed by atoms with Gasteiger partial charge in [0.1, 0.15) is 6.54 Å². The lowest BCUT2D eigenvalue weighted by Gasteiger charge is -2.41. The van der Waals surface area contributed by atoms with Gasteiger partial charge in [-0.25, -0.2) is 0 Å². The quantitative estimate of drug-likeness (QED) is 0.460. The second-order valence-electron chi connectivity index (χ2n) is 2.55. The molecule has 0 aromatic carbocycles. The first-order valence-corrected chi connectivity index (χ1v) is 3.86. The van der Waals surface area contributed by atoms with Crippen LogP contribution in [0.1, 0.15) is 20.3 Å². The predicted molar refractivity (Wildman–Crippen MR) is 41.3 cm³/mol. The minimum Gasteiger partial charge on any atom is -0.633 e. The van der Waals surface area contributed by atoms with Crippen LogP contribution in [0.25, 0.3) is 0 Å². The van der Waals surface area contributed by atoms with Gasteiger partial charge in [0.15, 0.2) is 0 Å². The maximum atomic E-state index is 11.4. The Hall–Kier alpha value is -0.120. The van der Waals surface area contributed by atoms with Crippen LogP contribution in [0, 0.1) is 5.21 Å². The van der Waals surface area contributed by atoms with Crippen LogP contribution in [0.4, 0.5) is 0 Å². The minimum absolute atomic E-state index is 0.00264. The van der Waals surface area contributed by atoms with Crippen molar-refractivity contribution in [2.24, 2.45) is 0 Å². The Morgan fingerprint density at radius 1 is 1.30 bits per heavy atom. The number of likely N-dealkylation sites (N-methyl/N-ethyl adjacent to an activating group) is 1. The van der Waals surface area contributed by atoms with E-state index in [1.165, 1.54) is 0 Å². The molecular formula is C7H17NO2. The van der Waals surface area contributed by atoms with E-state index in [0.29, 0.717) is 19.6 Å². The fourth-order valence-corrected chi connectivity index (χ4v) is 1.02. The predicted octanol–water partition coefficient (Wildman–Crippen LogP) is 0.723.